The molecule has 0 unspecified atom stereocenters. The number of hydrogen-bond donors (Lipinski definition) is 0. The van der Waals surface area contributed by atoms with E-state index in [0.717, 1.165) is 56.3 Å². The molecule has 0 saturated carbocycles. The Labute approximate surface area is 193 Å². The second-order valence-electron chi connectivity index (χ2n) is 9.47. The minimum Gasteiger partial charge on any atom is -0.455 e. The van der Waals surface area contributed by atoms with Crippen molar-refractivity contribution in [3.8, 4) is 11.3 Å². The number of benzene rings is 4. The Bertz CT molecular complexity index is 1690. The maximum Gasteiger partial charge on any atom is 0.144 e. The molecule has 2 heterocycles. The Kier molecular flexibility index (Phi) is 4.48. The highest BCUT2D eigenvalue weighted by Gasteiger charge is 2.18. The lowest BCUT2D eigenvalue weighted by Gasteiger charge is -2.14. The number of aryl methyl sites for hydroxylation is 2. The fourth-order valence-corrected chi connectivity index (χ4v) is 5.18. The monoisotopic (exact) mass is 430 g/mol. The molecule has 0 spiro atoms. The number of para-hydroxylation sites is 2. The quantitative estimate of drug-likeness (QED) is 0.266. The van der Waals surface area contributed by atoms with Gasteiger partial charge in [0.25, 0.3) is 0 Å². The highest BCUT2D eigenvalue weighted by molar-refractivity contribution is 6.15. The van der Waals surface area contributed by atoms with Crippen LogP contribution in [-0.4, -0.2) is 9.97 Å². The van der Waals surface area contributed by atoms with Crippen LogP contribution >= 0.6 is 0 Å². The molecule has 6 rings (SSSR count). The van der Waals surface area contributed by atoms with Crippen LogP contribution in [0.25, 0.3) is 54.9 Å². The Morgan fingerprint density at radius 1 is 0.818 bits per heavy atom. The maximum atomic E-state index is 6.33. The number of furan rings is 1. The third-order valence-corrected chi connectivity index (χ3v) is 6.45. The molecule has 0 atom stereocenters. The molecule has 0 N–H and O–H groups in total. The highest BCUT2D eigenvalue weighted by Crippen LogP contribution is 2.39. The Morgan fingerprint density at radius 3 is 2.48 bits per heavy atom. The second kappa shape index (κ2) is 7.41. The average Bonchev–Trinajstić information content (AvgIpc) is 3.16. The topological polar surface area (TPSA) is 38.9 Å². The summed E-state index contributed by atoms with van der Waals surface area (Å²) in [6, 6.07) is 23.5. The lowest BCUT2D eigenvalue weighted by atomic mass is 9.94. The zero-order valence-corrected chi connectivity index (χ0v) is 19.4. The van der Waals surface area contributed by atoms with Crippen LogP contribution in [-0.2, 0) is 6.42 Å². The molecule has 2 aromatic heterocycles. The normalized spacial score (nSPS) is 12.0. The van der Waals surface area contributed by atoms with Crippen molar-refractivity contribution >= 4 is 43.6 Å². The lowest BCUT2D eigenvalue weighted by molar-refractivity contribution is 0.647. The van der Waals surface area contributed by atoms with Crippen molar-refractivity contribution in [3.05, 3.63) is 83.7 Å². The molecule has 4 aromatic carbocycles. The van der Waals surface area contributed by atoms with Crippen molar-refractivity contribution in [2.75, 3.05) is 0 Å². The van der Waals surface area contributed by atoms with Gasteiger partial charge in [0.2, 0.25) is 0 Å². The summed E-state index contributed by atoms with van der Waals surface area (Å²) >= 11 is 0. The average molecular weight is 431 g/mol. The van der Waals surface area contributed by atoms with Crippen LogP contribution in [0, 0.1) is 19.8 Å². The number of fused-ring (bicyclic) bond motifs is 6. The van der Waals surface area contributed by atoms with Gasteiger partial charge in [0.05, 0.1) is 11.2 Å². The predicted octanol–water partition coefficient (Wildman–Crippen LogP) is 8.16. The van der Waals surface area contributed by atoms with Crippen LogP contribution in [0.15, 0.2) is 71.1 Å². The predicted molar refractivity (Wildman–Crippen MR) is 138 cm³/mol. The molecule has 33 heavy (non-hydrogen) atoms. The van der Waals surface area contributed by atoms with E-state index >= 15 is 0 Å². The maximum absolute atomic E-state index is 6.33. The van der Waals surface area contributed by atoms with E-state index in [1.54, 1.807) is 0 Å². The summed E-state index contributed by atoms with van der Waals surface area (Å²) < 4.78 is 6.33. The standard InChI is InChI=1S/C30H26N2O/c1-17(2)14-20-15-18(3)27-21(16-20)12-13-24-28(31-19(4)32-29(24)27)25-10-7-9-23-22-8-5-6-11-26(22)33-30(23)25/h5-13,15-17H,14H2,1-4H3. The largest absolute Gasteiger partial charge is 0.455 e. The fourth-order valence-electron chi connectivity index (χ4n) is 5.18. The van der Waals surface area contributed by atoms with Crippen molar-refractivity contribution in [2.45, 2.75) is 34.1 Å². The van der Waals surface area contributed by atoms with Crippen LogP contribution in [0.3, 0.4) is 0 Å². The SMILES string of the molecule is Cc1nc(-c2cccc3c2oc2ccccc23)c2ccc3cc(CC(C)C)cc(C)c3c2n1. The number of hydrogen-bond acceptors (Lipinski definition) is 3. The van der Waals surface area contributed by atoms with Gasteiger partial charge in [0.15, 0.2) is 0 Å². The van der Waals surface area contributed by atoms with E-state index in [-0.39, 0.29) is 0 Å². The highest BCUT2D eigenvalue weighted by atomic mass is 16.3. The summed E-state index contributed by atoms with van der Waals surface area (Å²) in [5.74, 6) is 1.39. The van der Waals surface area contributed by atoms with E-state index in [0.29, 0.717) is 5.92 Å². The van der Waals surface area contributed by atoms with Gasteiger partial charge < -0.3 is 4.42 Å². The van der Waals surface area contributed by atoms with Crippen molar-refractivity contribution in [1.29, 1.82) is 0 Å². The minimum absolute atomic E-state index is 0.628. The van der Waals surface area contributed by atoms with Crippen molar-refractivity contribution in [2.24, 2.45) is 5.92 Å². The summed E-state index contributed by atoms with van der Waals surface area (Å²) in [4.78, 5) is 9.84. The van der Waals surface area contributed by atoms with E-state index < -0.39 is 0 Å². The molecule has 0 bridgehead atoms. The van der Waals surface area contributed by atoms with E-state index in [9.17, 15) is 0 Å². The van der Waals surface area contributed by atoms with Gasteiger partial charge in [-0.25, -0.2) is 9.97 Å². The molecule has 0 aliphatic carbocycles. The molecule has 0 fully saturated rings. The minimum atomic E-state index is 0.628. The number of rotatable bonds is 3. The molecular formula is C30H26N2O. The first-order chi connectivity index (χ1) is 16.0. The summed E-state index contributed by atoms with van der Waals surface area (Å²) in [5.41, 5.74) is 7.36. The second-order valence-corrected chi connectivity index (χ2v) is 9.47. The van der Waals surface area contributed by atoms with Crippen molar-refractivity contribution in [1.82, 2.24) is 9.97 Å². The van der Waals surface area contributed by atoms with E-state index in [1.165, 1.54) is 21.9 Å². The molecule has 0 amide bonds. The third kappa shape index (κ3) is 3.19. The van der Waals surface area contributed by atoms with Gasteiger partial charge in [-0.1, -0.05) is 62.4 Å². The Morgan fingerprint density at radius 2 is 1.64 bits per heavy atom. The van der Waals surface area contributed by atoms with Crippen LogP contribution < -0.4 is 0 Å². The smallest absolute Gasteiger partial charge is 0.144 e. The van der Waals surface area contributed by atoms with Gasteiger partial charge in [-0.05, 0) is 60.9 Å². The lowest BCUT2D eigenvalue weighted by Crippen LogP contribution is -1.98. The summed E-state index contributed by atoms with van der Waals surface area (Å²) in [6.07, 6.45) is 1.08. The Balaban J connectivity index is 1.67. The number of nitrogens with zero attached hydrogens (tertiary/aromatic N) is 2. The van der Waals surface area contributed by atoms with Crippen LogP contribution in [0.1, 0.15) is 30.8 Å². The van der Waals surface area contributed by atoms with Crippen molar-refractivity contribution in [3.63, 3.8) is 0 Å². The van der Waals surface area contributed by atoms with E-state index in [2.05, 4.69) is 75.4 Å². The number of aromatic nitrogens is 2. The first kappa shape index (κ1) is 19.9. The molecule has 0 aliphatic rings. The van der Waals surface area contributed by atoms with Gasteiger partial charge in [0, 0.05) is 27.1 Å². The molecule has 6 aromatic rings. The van der Waals surface area contributed by atoms with E-state index in [1.807, 2.05) is 19.1 Å². The molecular weight excluding hydrogens is 404 g/mol. The van der Waals surface area contributed by atoms with E-state index in [4.69, 9.17) is 14.4 Å². The van der Waals surface area contributed by atoms with Crippen molar-refractivity contribution < 1.29 is 4.42 Å². The zero-order valence-electron chi connectivity index (χ0n) is 19.4. The summed E-state index contributed by atoms with van der Waals surface area (Å²) in [7, 11) is 0. The van der Waals surface area contributed by atoms with Gasteiger partial charge in [-0.2, -0.15) is 0 Å². The fraction of sp³-hybridized carbons (Fsp3) is 0.200. The first-order valence-electron chi connectivity index (χ1n) is 11.6. The zero-order chi connectivity index (χ0) is 22.7. The molecule has 0 aliphatic heterocycles. The van der Waals surface area contributed by atoms with Gasteiger partial charge in [0.1, 0.15) is 17.0 Å². The summed E-state index contributed by atoms with van der Waals surface area (Å²) in [5, 5.41) is 5.75. The molecule has 0 radical (unpaired) electrons. The van der Waals surface area contributed by atoms with Crippen LogP contribution in [0.5, 0.6) is 0 Å². The van der Waals surface area contributed by atoms with Crippen LogP contribution in [0.4, 0.5) is 0 Å². The van der Waals surface area contributed by atoms with Gasteiger partial charge >= 0.3 is 0 Å². The Hall–Kier alpha value is -3.72. The molecule has 162 valence electrons. The van der Waals surface area contributed by atoms with Gasteiger partial charge in [-0.15, -0.1) is 0 Å². The van der Waals surface area contributed by atoms with Gasteiger partial charge in [-0.3, -0.25) is 0 Å². The first-order valence-corrected chi connectivity index (χ1v) is 11.6. The summed E-state index contributed by atoms with van der Waals surface area (Å²) in [6.45, 7) is 8.70. The molecule has 3 heteroatoms. The molecule has 3 nitrogen and oxygen atoms in total. The third-order valence-electron chi connectivity index (χ3n) is 6.45. The van der Waals surface area contributed by atoms with Crippen LogP contribution in [0.2, 0.25) is 0 Å². The molecule has 0 saturated heterocycles.